The van der Waals surface area contributed by atoms with Crippen molar-refractivity contribution in [3.63, 3.8) is 0 Å². The van der Waals surface area contributed by atoms with E-state index in [2.05, 4.69) is 31.9 Å². The van der Waals surface area contributed by atoms with Gasteiger partial charge >= 0.3 is 0 Å². The summed E-state index contributed by atoms with van der Waals surface area (Å²) in [5.74, 6) is 0.745. The number of likely N-dealkylation sites (tertiary alicyclic amines) is 1. The quantitative estimate of drug-likeness (QED) is 0.613. The summed E-state index contributed by atoms with van der Waals surface area (Å²) in [6.07, 6.45) is 7.93. The predicted octanol–water partition coefficient (Wildman–Crippen LogP) is 3.31. The summed E-state index contributed by atoms with van der Waals surface area (Å²) in [7, 11) is 0.287. The van der Waals surface area contributed by atoms with Crippen LogP contribution >= 0.6 is 0 Å². The van der Waals surface area contributed by atoms with Gasteiger partial charge in [0, 0.05) is 30.9 Å². The Kier molecular flexibility index (Phi) is 6.93. The largest absolute Gasteiger partial charge is 0.355 e. The third-order valence-electron chi connectivity index (χ3n) is 7.80. The molecule has 194 valence electrons. The van der Waals surface area contributed by atoms with Gasteiger partial charge in [-0.3, -0.25) is 4.79 Å². The van der Waals surface area contributed by atoms with Crippen LogP contribution in [-0.2, 0) is 14.8 Å². The maximum Gasteiger partial charge on any atom is 0.249 e. The van der Waals surface area contributed by atoms with E-state index in [1.165, 1.54) is 12.8 Å². The molecule has 1 aromatic heterocycles. The Morgan fingerprint density at radius 1 is 0.972 bits per heavy atom. The molecule has 2 fully saturated rings. The van der Waals surface area contributed by atoms with Crippen LogP contribution in [0.1, 0.15) is 45.4 Å². The number of amides is 1. The van der Waals surface area contributed by atoms with E-state index in [1.807, 2.05) is 13.0 Å². The molecule has 3 aliphatic rings. The zero-order valence-corrected chi connectivity index (χ0v) is 22.1. The molecule has 2 aliphatic heterocycles. The topological polar surface area (TPSA) is 97.9 Å². The fraction of sp³-hybridized carbons (Fsp3) is 0.538. The number of nitrogens with one attached hydrogen (secondary N) is 2. The number of fused-ring (bicyclic) bond motifs is 1. The number of anilines is 4. The standard InChI is InChI=1S/C26H36N6O3S/c1-18-26(33)31(3)24-17-27-25(16-23(24)32(18)21-6-4-5-7-21)28-19-8-10-22(11-9-19)36(34,35)29-20-12-14-30(2)15-13-20/h8-11,16-18,20-21,29H,4-7,12-15H2,1-3H3,(H,27,28). The Bertz CT molecular complexity index is 1200. The van der Waals surface area contributed by atoms with Gasteiger partial charge in [0.15, 0.2) is 0 Å². The first-order chi connectivity index (χ1) is 17.2. The molecule has 9 nitrogen and oxygen atoms in total. The van der Waals surface area contributed by atoms with E-state index < -0.39 is 10.0 Å². The fourth-order valence-corrected chi connectivity index (χ4v) is 6.98. The van der Waals surface area contributed by atoms with Gasteiger partial charge in [0.1, 0.15) is 11.9 Å². The summed E-state index contributed by atoms with van der Waals surface area (Å²) in [5.41, 5.74) is 2.58. The van der Waals surface area contributed by atoms with E-state index in [1.54, 1.807) is 42.4 Å². The average Bonchev–Trinajstić information content (AvgIpc) is 3.39. The lowest BCUT2D eigenvalue weighted by Gasteiger charge is -2.43. The molecule has 2 aromatic rings. The monoisotopic (exact) mass is 512 g/mol. The van der Waals surface area contributed by atoms with Gasteiger partial charge in [-0.15, -0.1) is 0 Å². The minimum atomic E-state index is -3.57. The van der Waals surface area contributed by atoms with E-state index in [0.717, 1.165) is 55.8 Å². The molecule has 0 bridgehead atoms. The van der Waals surface area contributed by atoms with Crippen LogP contribution < -0.4 is 19.8 Å². The average molecular weight is 513 g/mol. The highest BCUT2D eigenvalue weighted by molar-refractivity contribution is 7.89. The SMILES string of the molecule is CC1C(=O)N(C)c2cnc(Nc3ccc(S(=O)(=O)NC4CCN(C)CC4)cc3)cc2N1C1CCCC1. The minimum absolute atomic E-state index is 0.0288. The Labute approximate surface area is 213 Å². The maximum atomic E-state index is 12.9. The molecule has 2 N–H and O–H groups in total. The van der Waals surface area contributed by atoms with Crippen molar-refractivity contribution in [1.29, 1.82) is 0 Å². The molecule has 3 heterocycles. The second kappa shape index (κ2) is 9.99. The van der Waals surface area contributed by atoms with Crippen LogP contribution in [0.3, 0.4) is 0 Å². The van der Waals surface area contributed by atoms with Crippen molar-refractivity contribution < 1.29 is 13.2 Å². The number of nitrogens with zero attached hydrogens (tertiary/aromatic N) is 4. The van der Waals surface area contributed by atoms with Crippen LogP contribution in [0.5, 0.6) is 0 Å². The van der Waals surface area contributed by atoms with E-state index in [0.29, 0.717) is 11.9 Å². The van der Waals surface area contributed by atoms with Crippen LogP contribution in [0.2, 0.25) is 0 Å². The van der Waals surface area contributed by atoms with Crippen molar-refractivity contribution in [2.45, 2.75) is 68.5 Å². The van der Waals surface area contributed by atoms with Crippen LogP contribution in [0, 0.1) is 0 Å². The Hall–Kier alpha value is -2.69. The first-order valence-corrected chi connectivity index (χ1v) is 14.3. The van der Waals surface area contributed by atoms with Crippen LogP contribution in [-0.4, -0.2) is 69.5 Å². The fourth-order valence-electron chi connectivity index (χ4n) is 5.67. The van der Waals surface area contributed by atoms with Crippen molar-refractivity contribution in [2.24, 2.45) is 0 Å². The lowest BCUT2D eigenvalue weighted by Crippen LogP contribution is -2.54. The molecule has 1 saturated carbocycles. The van der Waals surface area contributed by atoms with Gasteiger partial charge in [0.05, 0.1) is 22.5 Å². The van der Waals surface area contributed by atoms with Gasteiger partial charge in [-0.2, -0.15) is 0 Å². The second-order valence-electron chi connectivity index (χ2n) is 10.3. The first-order valence-electron chi connectivity index (χ1n) is 12.9. The van der Waals surface area contributed by atoms with Gasteiger partial charge in [-0.25, -0.2) is 18.1 Å². The highest BCUT2D eigenvalue weighted by atomic mass is 32.2. The number of likely N-dealkylation sites (N-methyl/N-ethyl adjacent to an activating group) is 1. The summed E-state index contributed by atoms with van der Waals surface area (Å²) in [6.45, 7) is 3.77. The van der Waals surface area contributed by atoms with Gasteiger partial charge in [0.2, 0.25) is 15.9 Å². The Balaban J connectivity index is 1.33. The number of hydrogen-bond acceptors (Lipinski definition) is 7. The van der Waals surface area contributed by atoms with Crippen LogP contribution in [0.15, 0.2) is 41.4 Å². The Morgan fingerprint density at radius 3 is 2.31 bits per heavy atom. The highest BCUT2D eigenvalue weighted by Gasteiger charge is 2.38. The van der Waals surface area contributed by atoms with E-state index >= 15 is 0 Å². The summed E-state index contributed by atoms with van der Waals surface area (Å²) in [5, 5.41) is 3.31. The maximum absolute atomic E-state index is 12.9. The number of piperidine rings is 1. The molecule has 10 heteroatoms. The van der Waals surface area contributed by atoms with E-state index in [4.69, 9.17) is 0 Å². The number of rotatable bonds is 6. The molecule has 5 rings (SSSR count). The van der Waals surface area contributed by atoms with Crippen LogP contribution in [0.25, 0.3) is 0 Å². The molecule has 1 amide bonds. The summed E-state index contributed by atoms with van der Waals surface area (Å²) >= 11 is 0. The smallest absolute Gasteiger partial charge is 0.249 e. The lowest BCUT2D eigenvalue weighted by molar-refractivity contribution is -0.119. The molecule has 1 saturated heterocycles. The third kappa shape index (κ3) is 4.94. The van der Waals surface area contributed by atoms with Gasteiger partial charge in [-0.1, -0.05) is 12.8 Å². The lowest BCUT2D eigenvalue weighted by atomic mass is 10.0. The number of aromatic nitrogens is 1. The number of pyridine rings is 1. The molecule has 1 atom stereocenters. The third-order valence-corrected chi connectivity index (χ3v) is 9.34. The first kappa shape index (κ1) is 25.0. The van der Waals surface area contributed by atoms with Gasteiger partial charge in [-0.05, 0) is 77.0 Å². The van der Waals surface area contributed by atoms with Gasteiger partial charge < -0.3 is 20.0 Å². The molecule has 0 radical (unpaired) electrons. The van der Waals surface area contributed by atoms with E-state index in [-0.39, 0.29) is 22.9 Å². The Morgan fingerprint density at radius 2 is 1.64 bits per heavy atom. The molecule has 0 spiro atoms. The normalized spacial score (nSPS) is 22.2. The summed E-state index contributed by atoms with van der Waals surface area (Å²) < 4.78 is 28.6. The van der Waals surface area contributed by atoms with Crippen molar-refractivity contribution in [3.05, 3.63) is 36.5 Å². The predicted molar refractivity (Wildman–Crippen MR) is 142 cm³/mol. The molecular formula is C26H36N6O3S. The second-order valence-corrected chi connectivity index (χ2v) is 12.0. The van der Waals surface area contributed by atoms with E-state index in [9.17, 15) is 13.2 Å². The summed E-state index contributed by atoms with van der Waals surface area (Å²) in [4.78, 5) is 23.8. The highest BCUT2D eigenvalue weighted by Crippen LogP contribution is 2.41. The van der Waals surface area contributed by atoms with Crippen molar-refractivity contribution >= 4 is 38.8 Å². The molecule has 36 heavy (non-hydrogen) atoms. The number of hydrogen-bond donors (Lipinski definition) is 2. The molecular weight excluding hydrogens is 476 g/mol. The molecule has 1 aliphatic carbocycles. The van der Waals surface area contributed by atoms with Gasteiger partial charge in [0.25, 0.3) is 0 Å². The number of sulfonamides is 1. The number of carbonyl (C=O) groups is 1. The van der Waals surface area contributed by atoms with Crippen molar-refractivity contribution in [3.8, 4) is 0 Å². The molecule has 1 aromatic carbocycles. The number of carbonyl (C=O) groups excluding carboxylic acids is 1. The van der Waals surface area contributed by atoms with Crippen molar-refractivity contribution in [2.75, 3.05) is 42.3 Å². The van der Waals surface area contributed by atoms with Crippen LogP contribution in [0.4, 0.5) is 22.9 Å². The minimum Gasteiger partial charge on any atom is -0.355 e. The molecule has 1 unspecified atom stereocenters. The zero-order valence-electron chi connectivity index (χ0n) is 21.3. The van der Waals surface area contributed by atoms with Crippen molar-refractivity contribution in [1.82, 2.24) is 14.6 Å². The number of benzene rings is 1. The summed E-state index contributed by atoms with van der Waals surface area (Å²) in [6, 6.07) is 8.87. The zero-order chi connectivity index (χ0) is 25.4.